The van der Waals surface area contributed by atoms with E-state index in [-0.39, 0.29) is 46.5 Å². The summed E-state index contributed by atoms with van der Waals surface area (Å²) in [6, 6.07) is 23.5. The molecule has 0 aliphatic rings. The van der Waals surface area contributed by atoms with E-state index >= 15 is 0 Å². The SMILES string of the molecule is [Cl-].[Cl-].[Ti+3].c1ccc(-c2ccc3[cH-]ccc3c2)cc1. The van der Waals surface area contributed by atoms with Crippen LogP contribution in [-0.2, 0) is 21.7 Å². The van der Waals surface area contributed by atoms with Crippen LogP contribution in [0.1, 0.15) is 0 Å². The Hall–Kier alpha value is -0.656. The summed E-state index contributed by atoms with van der Waals surface area (Å²) in [5.74, 6) is 0. The van der Waals surface area contributed by atoms with Crippen LogP contribution in [0.4, 0.5) is 0 Å². The van der Waals surface area contributed by atoms with E-state index in [9.17, 15) is 0 Å². The van der Waals surface area contributed by atoms with Crippen molar-refractivity contribution in [1.29, 1.82) is 0 Å². The maximum absolute atomic E-state index is 2.24. The molecule has 0 unspecified atom stereocenters. The van der Waals surface area contributed by atoms with E-state index in [1.807, 2.05) is 6.07 Å². The molecule has 3 aromatic carbocycles. The second-order valence-electron chi connectivity index (χ2n) is 3.74. The zero-order chi connectivity index (χ0) is 10.1. The largest absolute Gasteiger partial charge is 3.00 e. The molecule has 3 heteroatoms. The number of rotatable bonds is 1. The summed E-state index contributed by atoms with van der Waals surface area (Å²) in [6.07, 6.45) is 0. The fourth-order valence-corrected chi connectivity index (χ4v) is 1.94. The van der Waals surface area contributed by atoms with E-state index in [1.165, 1.54) is 21.9 Å². The molecule has 0 amide bonds. The Morgan fingerprint density at radius 3 is 2.17 bits per heavy atom. The summed E-state index contributed by atoms with van der Waals surface area (Å²) in [7, 11) is 0. The Labute approximate surface area is 134 Å². The van der Waals surface area contributed by atoms with E-state index in [0.717, 1.165) is 0 Å². The van der Waals surface area contributed by atoms with E-state index < -0.39 is 0 Å². The van der Waals surface area contributed by atoms with Gasteiger partial charge in [0.2, 0.25) is 0 Å². The van der Waals surface area contributed by atoms with Gasteiger partial charge in [0, 0.05) is 0 Å². The van der Waals surface area contributed by atoms with Crippen LogP contribution in [0, 0.1) is 0 Å². The summed E-state index contributed by atoms with van der Waals surface area (Å²) in [4.78, 5) is 0. The van der Waals surface area contributed by atoms with Crippen molar-refractivity contribution in [3.63, 3.8) is 0 Å². The van der Waals surface area contributed by atoms with Crippen molar-refractivity contribution in [2.75, 3.05) is 0 Å². The molecule has 1 radical (unpaired) electrons. The molecule has 0 nitrogen and oxygen atoms in total. The molecule has 0 heterocycles. The van der Waals surface area contributed by atoms with Crippen LogP contribution in [0.5, 0.6) is 0 Å². The second kappa shape index (κ2) is 7.71. The predicted molar refractivity (Wildman–Crippen MR) is 65.0 cm³/mol. The average molecular weight is 310 g/mol. The molecule has 0 aliphatic heterocycles. The first kappa shape index (κ1) is 17.3. The number of hydrogen-bond donors (Lipinski definition) is 0. The molecule has 0 bridgehead atoms. The minimum absolute atomic E-state index is 0. The van der Waals surface area contributed by atoms with Gasteiger partial charge in [-0.15, -0.1) is 17.5 Å². The van der Waals surface area contributed by atoms with Gasteiger partial charge in [0.25, 0.3) is 0 Å². The third-order valence-electron chi connectivity index (χ3n) is 2.75. The van der Waals surface area contributed by atoms with Gasteiger partial charge in [0.05, 0.1) is 0 Å². The zero-order valence-corrected chi connectivity index (χ0v) is 12.7. The maximum Gasteiger partial charge on any atom is 3.00 e. The van der Waals surface area contributed by atoms with Crippen LogP contribution < -0.4 is 24.8 Å². The molecule has 0 saturated carbocycles. The first-order valence-electron chi connectivity index (χ1n) is 5.14. The van der Waals surface area contributed by atoms with Crippen LogP contribution in [0.2, 0.25) is 0 Å². The number of benzene rings is 2. The third-order valence-corrected chi connectivity index (χ3v) is 2.75. The number of hydrogen-bond acceptors (Lipinski definition) is 0. The molecule has 3 aromatic rings. The fourth-order valence-electron chi connectivity index (χ4n) is 1.94. The van der Waals surface area contributed by atoms with Crippen LogP contribution in [0.25, 0.3) is 21.9 Å². The Kier molecular flexibility index (Phi) is 7.43. The van der Waals surface area contributed by atoms with Gasteiger partial charge in [-0.1, -0.05) is 42.5 Å². The van der Waals surface area contributed by atoms with Crippen molar-refractivity contribution in [1.82, 2.24) is 0 Å². The Bertz CT molecular complexity index is 588. The van der Waals surface area contributed by atoms with E-state index in [4.69, 9.17) is 0 Å². The molecule has 0 saturated heterocycles. The van der Waals surface area contributed by atoms with Gasteiger partial charge in [-0.3, -0.25) is 0 Å². The number of fused-ring (bicyclic) bond motifs is 1. The van der Waals surface area contributed by atoms with Crippen LogP contribution >= 0.6 is 0 Å². The molecular weight excluding hydrogens is 299 g/mol. The summed E-state index contributed by atoms with van der Waals surface area (Å²) < 4.78 is 0. The summed E-state index contributed by atoms with van der Waals surface area (Å²) >= 11 is 0. The third kappa shape index (κ3) is 3.43. The first-order chi connectivity index (χ1) is 7.43. The van der Waals surface area contributed by atoms with Gasteiger partial charge in [-0.05, 0) is 11.1 Å². The number of halogens is 2. The molecule has 0 aromatic heterocycles. The molecule has 3 rings (SSSR count). The topological polar surface area (TPSA) is 0 Å². The van der Waals surface area contributed by atoms with Gasteiger partial charge >= 0.3 is 21.7 Å². The Balaban J connectivity index is 0.000000963. The zero-order valence-electron chi connectivity index (χ0n) is 9.61. The first-order valence-corrected chi connectivity index (χ1v) is 5.14. The van der Waals surface area contributed by atoms with Crippen LogP contribution in [-0.4, -0.2) is 0 Å². The molecule has 0 N–H and O–H groups in total. The minimum Gasteiger partial charge on any atom is -1.00 e. The quantitative estimate of drug-likeness (QED) is 0.369. The maximum atomic E-state index is 2.24. The van der Waals surface area contributed by atoms with Crippen LogP contribution in [0.3, 0.4) is 0 Å². The standard InChI is InChI=1S/C15H11.2ClH.Ti/c1-2-5-12(6-3-1)15-10-9-13-7-4-8-14(13)11-15;;;/h1-11H;2*1H;/q-1;;;+3/p-2. The molecule has 18 heavy (non-hydrogen) atoms. The monoisotopic (exact) mass is 309 g/mol. The molecule has 0 fully saturated rings. The smallest absolute Gasteiger partial charge is 1.00 e. The van der Waals surface area contributed by atoms with E-state index in [0.29, 0.717) is 0 Å². The molecule has 0 atom stereocenters. The molecular formula is C15H11Cl2Ti. The van der Waals surface area contributed by atoms with Gasteiger partial charge in [-0.25, -0.2) is 0 Å². The van der Waals surface area contributed by atoms with Gasteiger partial charge < -0.3 is 24.8 Å². The van der Waals surface area contributed by atoms with Crippen LogP contribution in [0.15, 0.2) is 66.7 Å². The van der Waals surface area contributed by atoms with Crippen molar-refractivity contribution in [3.8, 4) is 11.1 Å². The van der Waals surface area contributed by atoms with Crippen molar-refractivity contribution in [2.45, 2.75) is 0 Å². The van der Waals surface area contributed by atoms with Crippen molar-refractivity contribution >= 4 is 10.8 Å². The van der Waals surface area contributed by atoms with Gasteiger partial charge in [-0.2, -0.15) is 17.5 Å². The fraction of sp³-hybridized carbons (Fsp3) is 0. The average Bonchev–Trinajstić information content (AvgIpc) is 2.77. The summed E-state index contributed by atoms with van der Waals surface area (Å²) in [5.41, 5.74) is 2.56. The van der Waals surface area contributed by atoms with Crippen molar-refractivity contribution < 1.29 is 46.5 Å². The van der Waals surface area contributed by atoms with Crippen molar-refractivity contribution in [2.24, 2.45) is 0 Å². The Morgan fingerprint density at radius 2 is 1.44 bits per heavy atom. The summed E-state index contributed by atoms with van der Waals surface area (Å²) in [6.45, 7) is 0. The van der Waals surface area contributed by atoms with Gasteiger partial charge in [0.15, 0.2) is 0 Å². The molecule has 0 aliphatic carbocycles. The minimum atomic E-state index is 0. The Morgan fingerprint density at radius 1 is 0.722 bits per heavy atom. The molecule has 89 valence electrons. The predicted octanol–water partition coefficient (Wildman–Crippen LogP) is -1.77. The second-order valence-corrected chi connectivity index (χ2v) is 3.74. The van der Waals surface area contributed by atoms with E-state index in [2.05, 4.69) is 60.7 Å². The van der Waals surface area contributed by atoms with Gasteiger partial charge in [0.1, 0.15) is 0 Å². The van der Waals surface area contributed by atoms with Crippen molar-refractivity contribution in [3.05, 3.63) is 66.7 Å². The summed E-state index contributed by atoms with van der Waals surface area (Å²) in [5, 5.41) is 2.63. The van der Waals surface area contributed by atoms with E-state index in [1.54, 1.807) is 0 Å². The molecule has 0 spiro atoms. The normalized spacial score (nSPS) is 8.89.